The van der Waals surface area contributed by atoms with E-state index >= 15 is 0 Å². The van der Waals surface area contributed by atoms with Gasteiger partial charge in [-0.05, 0) is 73.4 Å². The Bertz CT molecular complexity index is 1290. The van der Waals surface area contributed by atoms with Crippen LogP contribution in [0.2, 0.25) is 0 Å². The van der Waals surface area contributed by atoms with Crippen molar-refractivity contribution in [3.63, 3.8) is 0 Å². The molecule has 0 radical (unpaired) electrons. The van der Waals surface area contributed by atoms with E-state index in [1.165, 1.54) is 33.4 Å². The molecule has 0 N–H and O–H groups in total. The van der Waals surface area contributed by atoms with Gasteiger partial charge in [-0.3, -0.25) is 0 Å². The van der Waals surface area contributed by atoms with E-state index in [4.69, 9.17) is 0 Å². The van der Waals surface area contributed by atoms with Crippen LogP contribution in [-0.4, -0.2) is 0 Å². The second kappa shape index (κ2) is 11.6. The van der Waals surface area contributed by atoms with Gasteiger partial charge in [0.25, 0.3) is 0 Å². The Morgan fingerprint density at radius 3 is 1.67 bits per heavy atom. The molecule has 0 heterocycles. The molecule has 1 nitrogen and oxygen atoms in total. The van der Waals surface area contributed by atoms with Crippen LogP contribution < -0.4 is 4.90 Å². The van der Waals surface area contributed by atoms with E-state index in [2.05, 4.69) is 154 Å². The number of allylic oxidation sites excluding steroid dienone is 5. The first-order chi connectivity index (χ1) is 17.5. The summed E-state index contributed by atoms with van der Waals surface area (Å²) in [6.45, 7) is 12.8. The van der Waals surface area contributed by atoms with Crippen LogP contribution in [0.4, 0.5) is 11.4 Å². The van der Waals surface area contributed by atoms with Gasteiger partial charge in [-0.2, -0.15) is 0 Å². The summed E-state index contributed by atoms with van der Waals surface area (Å²) in [5, 5.41) is 0. The molecule has 0 bridgehead atoms. The zero-order valence-electron chi connectivity index (χ0n) is 21.8. The minimum Gasteiger partial charge on any atom is -0.315 e. The van der Waals surface area contributed by atoms with Crippen LogP contribution in [-0.2, 0) is 0 Å². The summed E-state index contributed by atoms with van der Waals surface area (Å²) in [6, 6.07) is 36.8. The number of hydrogen-bond acceptors (Lipinski definition) is 1. The maximum absolute atomic E-state index is 4.12. The summed E-state index contributed by atoms with van der Waals surface area (Å²) in [6.07, 6.45) is 6.38. The lowest BCUT2D eigenvalue weighted by molar-refractivity contribution is 0.922. The van der Waals surface area contributed by atoms with Crippen molar-refractivity contribution in [3.05, 3.63) is 156 Å². The van der Waals surface area contributed by atoms with E-state index < -0.39 is 0 Å². The molecule has 0 aliphatic heterocycles. The monoisotopic (exact) mass is 469 g/mol. The maximum Gasteiger partial charge on any atom is 0.0458 e. The van der Waals surface area contributed by atoms with Crippen LogP contribution in [0.15, 0.2) is 139 Å². The van der Waals surface area contributed by atoms with E-state index in [1.54, 1.807) is 0 Å². The van der Waals surface area contributed by atoms with Crippen molar-refractivity contribution >= 4 is 11.4 Å². The second-order valence-corrected chi connectivity index (χ2v) is 9.40. The van der Waals surface area contributed by atoms with Gasteiger partial charge in [0.05, 0.1) is 0 Å². The standard InChI is InChI=1S/C35H35N/c1-6-30(29(5)31-18-20-33(21-19-31)32-10-8-7-9-11-32)17-16-28(4)36(34-22-12-26(2)13-23-34)35-24-14-27(3)15-25-35/h6-25,29H,1H2,2-5H3/b28-16+,30-17+. The van der Waals surface area contributed by atoms with E-state index in [0.717, 1.165) is 17.1 Å². The summed E-state index contributed by atoms with van der Waals surface area (Å²) in [7, 11) is 0. The molecule has 0 aromatic heterocycles. The highest BCUT2D eigenvalue weighted by Crippen LogP contribution is 2.32. The normalized spacial score (nSPS) is 12.8. The lowest BCUT2D eigenvalue weighted by Crippen LogP contribution is -2.14. The molecule has 0 amide bonds. The van der Waals surface area contributed by atoms with E-state index in [0.29, 0.717) is 0 Å². The molecule has 4 aromatic carbocycles. The van der Waals surface area contributed by atoms with Crippen molar-refractivity contribution in [2.45, 2.75) is 33.6 Å². The predicted molar refractivity (Wildman–Crippen MR) is 157 cm³/mol. The molecule has 0 aliphatic rings. The van der Waals surface area contributed by atoms with Crippen molar-refractivity contribution in [2.75, 3.05) is 4.90 Å². The van der Waals surface area contributed by atoms with E-state index in [-0.39, 0.29) is 5.92 Å². The van der Waals surface area contributed by atoms with Crippen LogP contribution in [0.5, 0.6) is 0 Å². The van der Waals surface area contributed by atoms with Crippen LogP contribution >= 0.6 is 0 Å². The summed E-state index contributed by atoms with van der Waals surface area (Å²) in [5.74, 6) is 0.239. The topological polar surface area (TPSA) is 3.24 Å². The van der Waals surface area contributed by atoms with E-state index in [9.17, 15) is 0 Å². The number of aryl methyl sites for hydroxylation is 2. The van der Waals surface area contributed by atoms with E-state index in [1.807, 2.05) is 6.08 Å². The Hall–Kier alpha value is -4.10. The Morgan fingerprint density at radius 2 is 1.17 bits per heavy atom. The zero-order chi connectivity index (χ0) is 25.5. The fourth-order valence-electron chi connectivity index (χ4n) is 4.41. The summed E-state index contributed by atoms with van der Waals surface area (Å²) < 4.78 is 0. The molecule has 1 atom stereocenters. The zero-order valence-corrected chi connectivity index (χ0v) is 21.8. The molecule has 0 aliphatic carbocycles. The first kappa shape index (κ1) is 25.0. The third kappa shape index (κ3) is 5.93. The molecule has 1 heteroatoms. The second-order valence-electron chi connectivity index (χ2n) is 9.40. The smallest absolute Gasteiger partial charge is 0.0458 e. The fourth-order valence-corrected chi connectivity index (χ4v) is 4.41. The molecule has 0 saturated carbocycles. The number of benzene rings is 4. The van der Waals surface area contributed by atoms with Gasteiger partial charge in [-0.25, -0.2) is 0 Å². The highest BCUT2D eigenvalue weighted by molar-refractivity contribution is 5.69. The third-order valence-electron chi connectivity index (χ3n) is 6.71. The Labute approximate surface area is 216 Å². The Kier molecular flexibility index (Phi) is 8.02. The minimum atomic E-state index is 0.239. The molecule has 180 valence electrons. The SMILES string of the molecule is C=C/C(=C\C=C(/C)N(c1ccc(C)cc1)c1ccc(C)cc1)C(C)c1ccc(-c2ccccc2)cc1. The highest BCUT2D eigenvalue weighted by Gasteiger charge is 2.12. The van der Waals surface area contributed by atoms with Crippen molar-refractivity contribution in [3.8, 4) is 11.1 Å². The predicted octanol–water partition coefficient (Wildman–Crippen LogP) is 9.93. The first-order valence-electron chi connectivity index (χ1n) is 12.6. The first-order valence-corrected chi connectivity index (χ1v) is 12.6. The van der Waals surface area contributed by atoms with Crippen LogP contribution in [0, 0.1) is 13.8 Å². The molecular weight excluding hydrogens is 434 g/mol. The molecule has 0 spiro atoms. The lowest BCUT2D eigenvalue weighted by Gasteiger charge is -2.26. The van der Waals surface area contributed by atoms with Gasteiger partial charge in [0, 0.05) is 23.0 Å². The highest BCUT2D eigenvalue weighted by atomic mass is 15.1. The van der Waals surface area contributed by atoms with Crippen LogP contribution in [0.25, 0.3) is 11.1 Å². The third-order valence-corrected chi connectivity index (χ3v) is 6.71. The molecule has 1 unspecified atom stereocenters. The molecule has 0 fully saturated rings. The number of rotatable bonds is 8. The van der Waals surface area contributed by atoms with Gasteiger partial charge in [0.1, 0.15) is 0 Å². The van der Waals surface area contributed by atoms with Crippen molar-refractivity contribution < 1.29 is 0 Å². The quantitative estimate of drug-likeness (QED) is 0.232. The minimum absolute atomic E-state index is 0.239. The molecule has 4 rings (SSSR count). The number of anilines is 2. The summed E-state index contributed by atoms with van der Waals surface area (Å²) in [4.78, 5) is 2.30. The molecule has 0 saturated heterocycles. The van der Waals surface area contributed by atoms with Crippen molar-refractivity contribution in [1.82, 2.24) is 0 Å². The largest absolute Gasteiger partial charge is 0.315 e. The van der Waals surface area contributed by atoms with Gasteiger partial charge in [0.2, 0.25) is 0 Å². The maximum atomic E-state index is 4.12. The average molecular weight is 470 g/mol. The molecule has 4 aromatic rings. The van der Waals surface area contributed by atoms with Gasteiger partial charge in [0.15, 0.2) is 0 Å². The molecular formula is C35H35N. The Balaban J connectivity index is 1.62. The van der Waals surface area contributed by atoms with Crippen molar-refractivity contribution in [2.24, 2.45) is 0 Å². The Morgan fingerprint density at radius 1 is 0.667 bits per heavy atom. The van der Waals surface area contributed by atoms with Gasteiger partial charge >= 0.3 is 0 Å². The molecule has 36 heavy (non-hydrogen) atoms. The van der Waals surface area contributed by atoms with Crippen LogP contribution in [0.1, 0.15) is 36.5 Å². The number of hydrogen-bond donors (Lipinski definition) is 0. The summed E-state index contributed by atoms with van der Waals surface area (Å²) in [5.41, 5.74) is 10.9. The summed E-state index contributed by atoms with van der Waals surface area (Å²) >= 11 is 0. The van der Waals surface area contributed by atoms with Gasteiger partial charge in [-0.1, -0.05) is 116 Å². The average Bonchev–Trinajstić information content (AvgIpc) is 2.92. The van der Waals surface area contributed by atoms with Gasteiger partial charge < -0.3 is 4.90 Å². The lowest BCUT2D eigenvalue weighted by atomic mass is 9.91. The van der Waals surface area contributed by atoms with Gasteiger partial charge in [-0.15, -0.1) is 0 Å². The fraction of sp³-hybridized carbons (Fsp3) is 0.143. The van der Waals surface area contributed by atoms with Crippen molar-refractivity contribution in [1.29, 1.82) is 0 Å². The van der Waals surface area contributed by atoms with Crippen LogP contribution in [0.3, 0.4) is 0 Å². The number of nitrogens with zero attached hydrogens (tertiary/aromatic N) is 1.